The van der Waals surface area contributed by atoms with Crippen LogP contribution in [0.3, 0.4) is 0 Å². The Bertz CT molecular complexity index is 5510. The summed E-state index contributed by atoms with van der Waals surface area (Å²) >= 11 is 0. The van der Waals surface area contributed by atoms with E-state index >= 15 is 0 Å². The Morgan fingerprint density at radius 1 is 0.182 bits per heavy atom. The summed E-state index contributed by atoms with van der Waals surface area (Å²) in [4.78, 5) is 0. The highest BCUT2D eigenvalue weighted by molar-refractivity contribution is 6.34. The van der Waals surface area contributed by atoms with Gasteiger partial charge in [-0.3, -0.25) is 0 Å². The van der Waals surface area contributed by atoms with Gasteiger partial charge < -0.3 is 0 Å². The van der Waals surface area contributed by atoms with E-state index < -0.39 is 0 Å². The average molecular weight is 1120 g/mol. The third-order valence-corrected chi connectivity index (χ3v) is 20.4. The first-order valence-electron chi connectivity index (χ1n) is 31.6. The van der Waals surface area contributed by atoms with Gasteiger partial charge in [0.25, 0.3) is 0 Å². The van der Waals surface area contributed by atoms with Crippen LogP contribution in [-0.4, -0.2) is 0 Å². The molecule has 17 aromatic carbocycles. The first-order valence-corrected chi connectivity index (χ1v) is 31.6. The van der Waals surface area contributed by atoms with Gasteiger partial charge in [0.05, 0.1) is 0 Å². The fourth-order valence-electron chi connectivity index (χ4n) is 16.1. The molecule has 0 fully saturated rings. The van der Waals surface area contributed by atoms with Crippen molar-refractivity contribution in [1.82, 2.24) is 0 Å². The molecule has 18 rings (SSSR count). The van der Waals surface area contributed by atoms with Crippen LogP contribution in [-0.2, 0) is 16.2 Å². The Hall–Kier alpha value is -9.88. The van der Waals surface area contributed by atoms with E-state index in [-0.39, 0.29) is 16.2 Å². The Morgan fingerprint density at radius 3 is 0.830 bits per heavy atom. The van der Waals surface area contributed by atoms with Gasteiger partial charge in [-0.1, -0.05) is 299 Å². The zero-order valence-corrected chi connectivity index (χ0v) is 51.5. The van der Waals surface area contributed by atoms with E-state index in [1.165, 1.54) is 202 Å². The van der Waals surface area contributed by atoms with Gasteiger partial charge in [0, 0.05) is 0 Å². The molecule has 0 amide bonds. The van der Waals surface area contributed by atoms with E-state index in [4.69, 9.17) is 0 Å². The van der Waals surface area contributed by atoms with Gasteiger partial charge in [0.2, 0.25) is 0 Å². The first kappa shape index (κ1) is 51.4. The topological polar surface area (TPSA) is 0 Å². The molecule has 0 bridgehead atoms. The minimum atomic E-state index is 0.00279. The molecule has 0 heterocycles. The molecule has 1 aliphatic carbocycles. The minimum absolute atomic E-state index is 0.00279. The molecule has 1 aliphatic rings. The van der Waals surface area contributed by atoms with Gasteiger partial charge in [-0.2, -0.15) is 0 Å². The smallest absolute Gasteiger partial charge is 0.000718 e. The molecule has 0 spiro atoms. The van der Waals surface area contributed by atoms with Gasteiger partial charge in [0.1, 0.15) is 0 Å². The summed E-state index contributed by atoms with van der Waals surface area (Å²) in [6, 6.07) is 92.8. The lowest BCUT2D eigenvalue weighted by Crippen LogP contribution is -2.10. The Kier molecular flexibility index (Phi) is 10.4. The molecule has 0 N–H and O–H groups in total. The highest BCUT2D eigenvalue weighted by atomic mass is 14.4. The van der Waals surface area contributed by atoms with Gasteiger partial charge in [0.15, 0.2) is 0 Å². The highest BCUT2D eigenvalue weighted by Crippen LogP contribution is 2.63. The summed E-state index contributed by atoms with van der Waals surface area (Å²) in [5.74, 6) is 0. The number of benzene rings is 17. The number of hydrogen-bond donors (Lipinski definition) is 0. The standard InChI is InChI=1S/C88H66/c1-86(2,3)60-43-54-26-23-51-29-35-63(66-38-32-57(46-60)73(54)76(51)66)64-41-42-72-81-65(64)21-16-22-71(81)84-79(49-17-12-10-13-18-49)82(69-36-30-52-24-27-55-44-61(87(4,5)6)47-58-33-39-67(69)77(52)74(55)58)83(80(85(72)84)50-19-14-11-15-20-50)70-37-31-53-25-28-56-45-62(88(7,8)9)48-59-34-40-68(70)78(53)75(56)59/h10-48H,1-9H3. The van der Waals surface area contributed by atoms with Crippen LogP contribution in [0.15, 0.2) is 237 Å². The predicted molar refractivity (Wildman–Crippen MR) is 383 cm³/mol. The van der Waals surface area contributed by atoms with Crippen molar-refractivity contribution in [1.29, 1.82) is 0 Å². The predicted octanol–water partition coefficient (Wildman–Crippen LogP) is 25.4. The average Bonchev–Trinajstić information content (AvgIpc) is 1.43. The summed E-state index contributed by atoms with van der Waals surface area (Å²) in [7, 11) is 0. The number of fused-ring (bicyclic) bond motifs is 3. The summed E-state index contributed by atoms with van der Waals surface area (Å²) in [6.45, 7) is 21.0. The lowest BCUT2D eigenvalue weighted by molar-refractivity contribution is 0.591. The molecular formula is C88H66. The highest BCUT2D eigenvalue weighted by Gasteiger charge is 2.36. The van der Waals surface area contributed by atoms with Crippen LogP contribution >= 0.6 is 0 Å². The Balaban J connectivity index is 1.01. The van der Waals surface area contributed by atoms with Crippen LogP contribution in [0.4, 0.5) is 0 Å². The maximum absolute atomic E-state index is 2.49. The summed E-state index contributed by atoms with van der Waals surface area (Å²) in [5, 5.41) is 26.0. The molecule has 0 saturated heterocycles. The van der Waals surface area contributed by atoms with E-state index in [0.29, 0.717) is 0 Å². The van der Waals surface area contributed by atoms with E-state index in [1.807, 2.05) is 0 Å². The van der Waals surface area contributed by atoms with Crippen LogP contribution < -0.4 is 0 Å². The van der Waals surface area contributed by atoms with Crippen molar-refractivity contribution in [2.75, 3.05) is 0 Å². The lowest BCUT2D eigenvalue weighted by Gasteiger charge is -2.28. The fourth-order valence-corrected chi connectivity index (χ4v) is 16.1. The normalized spacial score (nSPS) is 13.1. The van der Waals surface area contributed by atoms with E-state index in [2.05, 4.69) is 299 Å². The van der Waals surface area contributed by atoms with Crippen LogP contribution in [0.1, 0.15) is 79.0 Å². The molecule has 0 radical (unpaired) electrons. The molecule has 0 aromatic heterocycles. The van der Waals surface area contributed by atoms with Crippen LogP contribution in [0.2, 0.25) is 0 Å². The summed E-state index contributed by atoms with van der Waals surface area (Å²) in [5.41, 5.74) is 21.7. The van der Waals surface area contributed by atoms with Crippen molar-refractivity contribution in [2.45, 2.75) is 78.6 Å². The molecule has 0 aliphatic heterocycles. The van der Waals surface area contributed by atoms with Crippen molar-refractivity contribution >= 4 is 108 Å². The van der Waals surface area contributed by atoms with Crippen LogP contribution in [0.25, 0.3) is 186 Å². The molecule has 0 nitrogen and oxygen atoms in total. The van der Waals surface area contributed by atoms with Crippen molar-refractivity contribution in [2.24, 2.45) is 0 Å². The van der Waals surface area contributed by atoms with Crippen molar-refractivity contribution < 1.29 is 0 Å². The minimum Gasteiger partial charge on any atom is -0.0622 e. The third kappa shape index (κ3) is 7.21. The first-order chi connectivity index (χ1) is 42.5. The van der Waals surface area contributed by atoms with Crippen molar-refractivity contribution in [3.63, 3.8) is 0 Å². The van der Waals surface area contributed by atoms with Gasteiger partial charge in [-0.25, -0.2) is 0 Å². The Labute approximate surface area is 514 Å². The fraction of sp³-hybridized carbons (Fsp3) is 0.136. The quantitative estimate of drug-likeness (QED) is 0.151. The molecule has 0 unspecified atom stereocenters. The van der Waals surface area contributed by atoms with Gasteiger partial charge in [-0.05, 0) is 219 Å². The van der Waals surface area contributed by atoms with Crippen LogP contribution in [0, 0.1) is 0 Å². The van der Waals surface area contributed by atoms with Crippen LogP contribution in [0.5, 0.6) is 0 Å². The van der Waals surface area contributed by atoms with Crippen molar-refractivity contribution in [3.05, 3.63) is 253 Å². The number of rotatable bonds is 5. The molecule has 0 saturated carbocycles. The van der Waals surface area contributed by atoms with Gasteiger partial charge >= 0.3 is 0 Å². The lowest BCUT2D eigenvalue weighted by atomic mass is 9.74. The molecule has 88 heavy (non-hydrogen) atoms. The second-order valence-corrected chi connectivity index (χ2v) is 28.7. The SMILES string of the molecule is CC(C)(C)c1cc2ccc3ccc(-c4c(-c5ccccc5)c5c(c(-c6ccccc6)c4-c4ccc6ccc7cc(C(C)(C)C)cc8ccc4c6c78)-c4ccc(-c6ccc7ccc8cc(C(C)(C)C)cc9ccc6c7c89)c6cccc-5c46)c4ccc(c1)c2c34. The molecule has 0 heteroatoms. The van der Waals surface area contributed by atoms with E-state index in [0.717, 1.165) is 0 Å². The monoisotopic (exact) mass is 1120 g/mol. The van der Waals surface area contributed by atoms with Crippen molar-refractivity contribution in [3.8, 4) is 77.9 Å². The largest absolute Gasteiger partial charge is 0.0622 e. The van der Waals surface area contributed by atoms with E-state index in [9.17, 15) is 0 Å². The molecule has 17 aromatic rings. The second kappa shape index (κ2) is 17.9. The third-order valence-electron chi connectivity index (χ3n) is 20.4. The summed E-state index contributed by atoms with van der Waals surface area (Å²) < 4.78 is 0. The molecule has 418 valence electrons. The van der Waals surface area contributed by atoms with Gasteiger partial charge in [-0.15, -0.1) is 0 Å². The molecule has 0 atom stereocenters. The molecular weight excluding hydrogens is 1060 g/mol. The number of hydrogen-bond acceptors (Lipinski definition) is 0. The zero-order chi connectivity index (χ0) is 59.4. The second-order valence-electron chi connectivity index (χ2n) is 28.7. The summed E-state index contributed by atoms with van der Waals surface area (Å²) in [6.07, 6.45) is 0. The maximum atomic E-state index is 2.49. The zero-order valence-electron chi connectivity index (χ0n) is 51.5. The maximum Gasteiger partial charge on any atom is -0.000718 e. The van der Waals surface area contributed by atoms with E-state index in [1.54, 1.807) is 0 Å². The Morgan fingerprint density at radius 2 is 0.455 bits per heavy atom.